The summed E-state index contributed by atoms with van der Waals surface area (Å²) in [5, 5.41) is 2.52. The quantitative estimate of drug-likeness (QED) is 0.299. The third-order valence-electron chi connectivity index (χ3n) is 7.75. The van der Waals surface area contributed by atoms with E-state index < -0.39 is 69.9 Å². The molecule has 0 spiro atoms. The zero-order valence-corrected chi connectivity index (χ0v) is 22.2. The van der Waals surface area contributed by atoms with Gasteiger partial charge in [0.1, 0.15) is 5.60 Å². The fourth-order valence-electron chi connectivity index (χ4n) is 6.29. The monoisotopic (exact) mass is 542 g/mol. The van der Waals surface area contributed by atoms with Crippen LogP contribution in [0.1, 0.15) is 59.4 Å². The van der Waals surface area contributed by atoms with Crippen LogP contribution in [0.5, 0.6) is 0 Å². The van der Waals surface area contributed by atoms with Gasteiger partial charge in [0.05, 0.1) is 24.0 Å². The molecule has 2 N–H and O–H groups in total. The Morgan fingerprint density at radius 1 is 1.08 bits per heavy atom. The molecule has 0 saturated heterocycles. The summed E-state index contributed by atoms with van der Waals surface area (Å²) in [6.45, 7) is 8.39. The van der Waals surface area contributed by atoms with Crippen molar-refractivity contribution in [3.63, 3.8) is 0 Å². The molecule has 38 heavy (non-hydrogen) atoms. The molecule has 2 aliphatic rings. The largest absolute Gasteiger partial charge is 0.469 e. The van der Waals surface area contributed by atoms with Crippen LogP contribution in [0, 0.1) is 28.6 Å². The van der Waals surface area contributed by atoms with E-state index >= 15 is 0 Å². The number of ether oxygens (including phenoxy) is 2. The molecule has 2 amide bonds. The van der Waals surface area contributed by atoms with Crippen molar-refractivity contribution in [3.8, 4) is 0 Å². The van der Waals surface area contributed by atoms with Crippen molar-refractivity contribution in [2.45, 2.75) is 65.7 Å². The lowest BCUT2D eigenvalue weighted by atomic mass is 9.67. The molecule has 2 saturated carbocycles. The van der Waals surface area contributed by atoms with Gasteiger partial charge in [0.15, 0.2) is 0 Å². The number of halogens is 3. The minimum Gasteiger partial charge on any atom is -0.469 e. The zero-order chi connectivity index (χ0) is 28.7. The summed E-state index contributed by atoms with van der Waals surface area (Å²) in [4.78, 5) is 56.9. The zero-order valence-electron chi connectivity index (χ0n) is 22.2. The molecule has 3 rings (SSSR count). The minimum absolute atomic E-state index is 0.0326. The standard InChI is InChI=1S/C26H33F3N2O7/c1-7-24(21(34)38-31-22(35)37-23(3,4)5)13-16(17-18(20(33)36-6)25(17,24)8-2)19(32)30-15-11-9-10-14(12-15)26(27,28)29/h9-12,16-18H,7-8,13H2,1-6H3,(H,30,32)(H,31,35). The lowest BCUT2D eigenvalue weighted by Gasteiger charge is -2.36. The lowest BCUT2D eigenvalue weighted by Crippen LogP contribution is -2.45. The van der Waals surface area contributed by atoms with Crippen LogP contribution in [0.2, 0.25) is 0 Å². The molecule has 0 radical (unpaired) electrons. The van der Waals surface area contributed by atoms with Crippen LogP contribution >= 0.6 is 0 Å². The van der Waals surface area contributed by atoms with E-state index in [0.29, 0.717) is 6.42 Å². The van der Waals surface area contributed by atoms with E-state index in [-0.39, 0.29) is 18.5 Å². The Morgan fingerprint density at radius 2 is 1.74 bits per heavy atom. The molecule has 2 fully saturated rings. The van der Waals surface area contributed by atoms with E-state index in [2.05, 4.69) is 5.32 Å². The number of anilines is 1. The van der Waals surface area contributed by atoms with Gasteiger partial charge in [-0.25, -0.2) is 9.59 Å². The number of benzene rings is 1. The maximum absolute atomic E-state index is 13.5. The molecule has 1 aromatic rings. The number of esters is 1. The Labute approximate surface area is 218 Å². The van der Waals surface area contributed by atoms with Gasteiger partial charge in [-0.2, -0.15) is 13.2 Å². The van der Waals surface area contributed by atoms with Crippen molar-refractivity contribution in [2.24, 2.45) is 28.6 Å². The number of hydroxylamine groups is 1. The number of nitrogens with one attached hydrogen (secondary N) is 2. The second-order valence-corrected chi connectivity index (χ2v) is 10.7. The second-order valence-electron chi connectivity index (χ2n) is 10.7. The van der Waals surface area contributed by atoms with Crippen molar-refractivity contribution >= 4 is 29.6 Å². The number of methoxy groups -OCH3 is 1. The molecule has 9 nitrogen and oxygen atoms in total. The molecular formula is C26H33F3N2O7. The SMILES string of the molecule is CCC1(C(=O)ONC(=O)OC(C)(C)C)CC(C(=O)Nc2cccc(C(F)(F)F)c2)C2C(C(=O)OC)C21CC. The summed E-state index contributed by atoms with van der Waals surface area (Å²) in [6, 6.07) is 4.20. The summed E-state index contributed by atoms with van der Waals surface area (Å²) >= 11 is 0. The molecule has 0 heterocycles. The first-order valence-electron chi connectivity index (χ1n) is 12.3. The van der Waals surface area contributed by atoms with E-state index in [9.17, 15) is 32.3 Å². The average Bonchev–Trinajstić information content (AvgIpc) is 3.42. The van der Waals surface area contributed by atoms with Gasteiger partial charge in [-0.3, -0.25) is 9.59 Å². The van der Waals surface area contributed by atoms with Crippen molar-refractivity contribution in [1.82, 2.24) is 5.48 Å². The van der Waals surface area contributed by atoms with Crippen molar-refractivity contribution in [3.05, 3.63) is 29.8 Å². The maximum Gasteiger partial charge on any atom is 0.441 e. The highest BCUT2D eigenvalue weighted by atomic mass is 19.4. The Hall–Kier alpha value is -3.31. The minimum atomic E-state index is -4.60. The first-order valence-corrected chi connectivity index (χ1v) is 12.3. The average molecular weight is 543 g/mol. The number of hydrogen-bond acceptors (Lipinski definition) is 7. The van der Waals surface area contributed by atoms with Gasteiger partial charge < -0.3 is 19.6 Å². The number of amides is 2. The fourth-order valence-corrected chi connectivity index (χ4v) is 6.29. The number of alkyl halides is 3. The number of rotatable bonds is 6. The molecule has 2 aliphatic carbocycles. The highest BCUT2D eigenvalue weighted by Crippen LogP contribution is 2.80. The van der Waals surface area contributed by atoms with Crippen LogP contribution < -0.4 is 10.8 Å². The van der Waals surface area contributed by atoms with E-state index in [1.54, 1.807) is 34.6 Å². The fraction of sp³-hybridized carbons (Fsp3) is 0.615. The second kappa shape index (κ2) is 10.1. The molecular weight excluding hydrogens is 509 g/mol. The van der Waals surface area contributed by atoms with Gasteiger partial charge in [-0.15, -0.1) is 5.48 Å². The van der Waals surface area contributed by atoms with Crippen LogP contribution in [0.15, 0.2) is 24.3 Å². The van der Waals surface area contributed by atoms with Crippen LogP contribution in [0.25, 0.3) is 0 Å². The summed E-state index contributed by atoms with van der Waals surface area (Å²) in [5.74, 6) is -4.38. The predicted molar refractivity (Wildman–Crippen MR) is 128 cm³/mol. The topological polar surface area (TPSA) is 120 Å². The van der Waals surface area contributed by atoms with Crippen molar-refractivity contribution in [1.29, 1.82) is 0 Å². The van der Waals surface area contributed by atoms with E-state index in [1.165, 1.54) is 19.2 Å². The third-order valence-corrected chi connectivity index (χ3v) is 7.75. The first kappa shape index (κ1) is 29.2. The van der Waals surface area contributed by atoms with Crippen LogP contribution in [0.4, 0.5) is 23.7 Å². The van der Waals surface area contributed by atoms with E-state index in [1.807, 2.05) is 5.48 Å². The van der Waals surface area contributed by atoms with Gasteiger partial charge in [0, 0.05) is 17.0 Å². The highest BCUT2D eigenvalue weighted by molar-refractivity contribution is 5.97. The summed E-state index contributed by atoms with van der Waals surface area (Å²) < 4.78 is 49.5. The number of carbonyl (C=O) groups is 4. The molecule has 12 heteroatoms. The third kappa shape index (κ3) is 5.04. The van der Waals surface area contributed by atoms with Crippen LogP contribution in [-0.2, 0) is 34.9 Å². The summed E-state index contributed by atoms with van der Waals surface area (Å²) in [6.07, 6.45) is -5.13. The van der Waals surface area contributed by atoms with Gasteiger partial charge in [0.25, 0.3) is 0 Å². The molecule has 5 unspecified atom stereocenters. The molecule has 5 atom stereocenters. The Kier molecular flexibility index (Phi) is 7.78. The predicted octanol–water partition coefficient (Wildman–Crippen LogP) is 4.86. The molecule has 0 aliphatic heterocycles. The first-order chi connectivity index (χ1) is 17.6. The summed E-state index contributed by atoms with van der Waals surface area (Å²) in [7, 11) is 1.20. The van der Waals surface area contributed by atoms with Crippen molar-refractivity contribution < 1.29 is 46.7 Å². The smallest absolute Gasteiger partial charge is 0.441 e. The van der Waals surface area contributed by atoms with E-state index in [4.69, 9.17) is 14.3 Å². The van der Waals surface area contributed by atoms with Crippen LogP contribution in [-0.4, -0.2) is 36.6 Å². The van der Waals surface area contributed by atoms with Gasteiger partial charge in [-0.1, -0.05) is 19.9 Å². The molecule has 1 aromatic carbocycles. The number of hydrogen-bond donors (Lipinski definition) is 2. The highest BCUT2D eigenvalue weighted by Gasteiger charge is 2.85. The van der Waals surface area contributed by atoms with E-state index in [0.717, 1.165) is 12.1 Å². The van der Waals surface area contributed by atoms with Gasteiger partial charge in [0.2, 0.25) is 5.91 Å². The Morgan fingerprint density at radius 3 is 2.26 bits per heavy atom. The maximum atomic E-state index is 13.5. The van der Waals surface area contributed by atoms with Crippen LogP contribution in [0.3, 0.4) is 0 Å². The Balaban J connectivity index is 1.91. The number of carbonyl (C=O) groups excluding carboxylic acids is 4. The van der Waals surface area contributed by atoms with Crippen molar-refractivity contribution in [2.75, 3.05) is 12.4 Å². The lowest BCUT2D eigenvalue weighted by molar-refractivity contribution is -0.170. The van der Waals surface area contributed by atoms with Gasteiger partial charge in [-0.05, 0) is 64.2 Å². The summed E-state index contributed by atoms with van der Waals surface area (Å²) in [5.41, 5.74) is -2.21. The molecule has 0 bridgehead atoms. The molecule has 0 aromatic heterocycles. The Bertz CT molecular complexity index is 1120. The van der Waals surface area contributed by atoms with Gasteiger partial charge >= 0.3 is 24.2 Å². The number of fused-ring (bicyclic) bond motifs is 1. The normalized spacial score (nSPS) is 28.1. The molecule has 210 valence electrons.